The molecule has 0 bridgehead atoms. The number of rotatable bonds is 33. The van der Waals surface area contributed by atoms with E-state index in [1.54, 1.807) is 73.2 Å². The second-order valence-corrected chi connectivity index (χ2v) is 20.3. The largest absolute Gasteiger partial charge is 0.494 e. The number of anilines is 1. The highest BCUT2D eigenvalue weighted by Crippen LogP contribution is 2.35. The molecule has 1 heterocycles. The molecule has 2 saturated carbocycles. The predicted octanol–water partition coefficient (Wildman–Crippen LogP) is 11.2. The zero-order chi connectivity index (χ0) is 55.4. The third kappa shape index (κ3) is 20.2. The second kappa shape index (κ2) is 32.6. The molecule has 0 unspecified atom stereocenters. The molecule has 4 aromatic carbocycles. The van der Waals surface area contributed by atoms with E-state index in [0.717, 1.165) is 71.6 Å². The number of hydrogen-bond donors (Lipinski definition) is 0. The van der Waals surface area contributed by atoms with Crippen molar-refractivity contribution in [3.05, 3.63) is 122 Å². The molecular weight excluding hydrogens is 1030 g/mol. The first-order valence-electron chi connectivity index (χ1n) is 27.3. The molecule has 0 spiro atoms. The Hall–Kier alpha value is -7.28. The summed E-state index contributed by atoms with van der Waals surface area (Å²) in [6.07, 6.45) is 12.9. The summed E-state index contributed by atoms with van der Waals surface area (Å²) in [4.78, 5) is 53.7. The number of aromatic nitrogens is 1. The standard InChI is InChI=1S/C61H73N3O14S/c1-4-57(65)73-35-10-8-33-71-49-22-26-51(27-23-49)77-59(67)46-18-14-44(15-19-46)42-75-53-30-31-55(48(40-53)41-62-64(32-37-70-39-38-69-3)61-63-54-12-6-7-13-56(54)79-61)76-43-45-16-20-47(21-17-45)60(68)78-52-28-24-50(25-29-52)72-34-9-11-36-74-58(66)5-2/h4-7,12-13,22-31,40-41,44-47H,1-2,8-11,14-21,32-39,42-43H2,3H3/b62-41+. The molecule has 79 heavy (non-hydrogen) atoms. The fraction of sp³-hybridized carbons (Fsp3) is 0.443. The van der Waals surface area contributed by atoms with Gasteiger partial charge in [-0.25, -0.2) is 19.6 Å². The summed E-state index contributed by atoms with van der Waals surface area (Å²) in [5, 5.41) is 7.56. The fourth-order valence-corrected chi connectivity index (χ4v) is 9.91. The van der Waals surface area contributed by atoms with Crippen molar-refractivity contribution >= 4 is 56.8 Å². The first kappa shape index (κ1) is 59.4. The predicted molar refractivity (Wildman–Crippen MR) is 302 cm³/mol. The molecule has 0 saturated heterocycles. The van der Waals surface area contributed by atoms with E-state index in [0.29, 0.717) is 139 Å². The minimum atomic E-state index is -0.437. The molecule has 2 fully saturated rings. The van der Waals surface area contributed by atoms with Gasteiger partial charge in [0.25, 0.3) is 0 Å². The highest BCUT2D eigenvalue weighted by Gasteiger charge is 2.30. The molecule has 0 N–H and O–H groups in total. The molecule has 422 valence electrons. The smallest absolute Gasteiger partial charge is 0.330 e. The minimum Gasteiger partial charge on any atom is -0.494 e. The number of benzene rings is 4. The maximum Gasteiger partial charge on any atom is 0.330 e. The van der Waals surface area contributed by atoms with Crippen molar-refractivity contribution in [1.82, 2.24) is 4.98 Å². The van der Waals surface area contributed by atoms with Gasteiger partial charge in [0, 0.05) is 24.8 Å². The lowest BCUT2D eigenvalue weighted by Gasteiger charge is -2.28. The number of nitrogens with zero attached hydrogens (tertiary/aromatic N) is 3. The number of unbranched alkanes of at least 4 members (excludes halogenated alkanes) is 2. The first-order chi connectivity index (χ1) is 38.7. The molecule has 1 aromatic heterocycles. The Balaban J connectivity index is 0.910. The summed E-state index contributed by atoms with van der Waals surface area (Å²) in [6.45, 7) is 11.1. The number of hydrogen-bond acceptors (Lipinski definition) is 18. The molecule has 7 rings (SSSR count). The number of carbonyl (C=O) groups excluding carboxylic acids is 4. The molecule has 18 heteroatoms. The van der Waals surface area contributed by atoms with Crippen molar-refractivity contribution < 1.29 is 66.5 Å². The van der Waals surface area contributed by atoms with E-state index in [-0.39, 0.29) is 35.6 Å². The van der Waals surface area contributed by atoms with Gasteiger partial charge >= 0.3 is 23.9 Å². The average Bonchev–Trinajstić information content (AvgIpc) is 4.00. The van der Waals surface area contributed by atoms with Crippen LogP contribution in [0.25, 0.3) is 10.2 Å². The number of thiazole rings is 1. The van der Waals surface area contributed by atoms with Crippen molar-refractivity contribution in [1.29, 1.82) is 0 Å². The van der Waals surface area contributed by atoms with E-state index in [2.05, 4.69) is 13.2 Å². The van der Waals surface area contributed by atoms with Gasteiger partial charge in [0.15, 0.2) is 0 Å². The van der Waals surface area contributed by atoms with Gasteiger partial charge in [-0.05, 0) is 168 Å². The minimum absolute atomic E-state index is 0.203. The molecule has 0 atom stereocenters. The Bertz CT molecular complexity index is 2700. The Morgan fingerprint density at radius 2 is 1.11 bits per heavy atom. The van der Waals surface area contributed by atoms with Gasteiger partial charge in [-0.3, -0.25) is 9.59 Å². The number of ether oxygens (including phenoxy) is 10. The van der Waals surface area contributed by atoms with E-state index in [1.807, 2.05) is 47.5 Å². The zero-order valence-electron chi connectivity index (χ0n) is 45.1. The lowest BCUT2D eigenvalue weighted by molar-refractivity contribution is -0.141. The van der Waals surface area contributed by atoms with E-state index < -0.39 is 11.9 Å². The van der Waals surface area contributed by atoms with Crippen LogP contribution >= 0.6 is 11.3 Å². The summed E-state index contributed by atoms with van der Waals surface area (Å²) >= 11 is 1.55. The van der Waals surface area contributed by atoms with Crippen LogP contribution in [0.1, 0.15) is 82.6 Å². The zero-order valence-corrected chi connectivity index (χ0v) is 46.0. The summed E-state index contributed by atoms with van der Waals surface area (Å²) in [5.74, 6) is 2.31. The first-order valence-corrected chi connectivity index (χ1v) is 28.1. The van der Waals surface area contributed by atoms with E-state index >= 15 is 0 Å². The third-order valence-corrected chi connectivity index (χ3v) is 14.6. The van der Waals surface area contributed by atoms with E-state index in [4.69, 9.17) is 57.5 Å². The van der Waals surface area contributed by atoms with Crippen LogP contribution in [0.4, 0.5) is 5.13 Å². The number of esters is 4. The van der Waals surface area contributed by atoms with Gasteiger partial charge in [0.05, 0.1) is 94.3 Å². The summed E-state index contributed by atoms with van der Waals surface area (Å²) in [6, 6.07) is 27.8. The van der Waals surface area contributed by atoms with Crippen molar-refractivity contribution in [3.8, 4) is 34.5 Å². The van der Waals surface area contributed by atoms with Crippen LogP contribution in [0.15, 0.2) is 121 Å². The van der Waals surface area contributed by atoms with Crippen LogP contribution in [0.2, 0.25) is 0 Å². The maximum atomic E-state index is 13.3. The molecule has 17 nitrogen and oxygen atoms in total. The molecule has 0 amide bonds. The molecule has 2 aliphatic rings. The van der Waals surface area contributed by atoms with Crippen molar-refractivity contribution in [3.63, 3.8) is 0 Å². The Morgan fingerprint density at radius 1 is 0.595 bits per heavy atom. The van der Waals surface area contributed by atoms with Gasteiger partial charge in [0.2, 0.25) is 5.13 Å². The fourth-order valence-electron chi connectivity index (χ4n) is 8.96. The van der Waals surface area contributed by atoms with Crippen LogP contribution in [-0.4, -0.2) is 108 Å². The van der Waals surface area contributed by atoms with Gasteiger partial charge < -0.3 is 47.4 Å². The van der Waals surface area contributed by atoms with Crippen molar-refractivity contribution in [2.75, 3.05) is 78.1 Å². The normalized spacial score (nSPS) is 17.1. The number of methoxy groups -OCH3 is 1. The van der Waals surface area contributed by atoms with Crippen LogP contribution in [0, 0.1) is 23.7 Å². The lowest BCUT2D eigenvalue weighted by atomic mass is 9.82. The number of fused-ring (bicyclic) bond motifs is 1. The van der Waals surface area contributed by atoms with E-state index in [9.17, 15) is 19.2 Å². The number of hydrazone groups is 1. The SMILES string of the molecule is C=CC(=O)OCCCCOc1ccc(OC(=O)C2CCC(COc3ccc(OCC4CCC(C(=O)Oc5ccc(OCCCCOC(=O)C=C)cc5)CC4)c(/C=N/N(CCOCCOC)c4nc5ccccc5s4)c3)CC2)cc1. The van der Waals surface area contributed by atoms with Crippen LogP contribution in [0.3, 0.4) is 0 Å². The van der Waals surface area contributed by atoms with E-state index in [1.165, 1.54) is 0 Å². The van der Waals surface area contributed by atoms with Crippen LogP contribution < -0.4 is 33.4 Å². The van der Waals surface area contributed by atoms with Gasteiger partial charge in [-0.15, -0.1) is 0 Å². The number of carbonyl (C=O) groups is 4. The third-order valence-electron chi connectivity index (χ3n) is 13.5. The van der Waals surface area contributed by atoms with Gasteiger partial charge in [0.1, 0.15) is 34.5 Å². The highest BCUT2D eigenvalue weighted by atomic mass is 32.1. The summed E-state index contributed by atoms with van der Waals surface area (Å²) < 4.78 is 58.2. The second-order valence-electron chi connectivity index (χ2n) is 19.3. The lowest BCUT2D eigenvalue weighted by Crippen LogP contribution is -2.28. The summed E-state index contributed by atoms with van der Waals surface area (Å²) in [5.41, 5.74) is 1.62. The van der Waals surface area contributed by atoms with Crippen molar-refractivity contribution in [2.24, 2.45) is 28.8 Å². The van der Waals surface area contributed by atoms with Crippen molar-refractivity contribution in [2.45, 2.75) is 77.0 Å². The average molecular weight is 1100 g/mol. The maximum absolute atomic E-state index is 13.3. The quantitative estimate of drug-likeness (QED) is 0.00962. The number of para-hydroxylation sites is 1. The monoisotopic (exact) mass is 1100 g/mol. The van der Waals surface area contributed by atoms with Gasteiger partial charge in [-0.2, -0.15) is 5.10 Å². The Morgan fingerprint density at radius 3 is 1.66 bits per heavy atom. The van der Waals surface area contributed by atoms with Crippen LogP contribution in [-0.2, 0) is 38.1 Å². The van der Waals surface area contributed by atoms with Gasteiger partial charge in [-0.1, -0.05) is 36.6 Å². The molecular formula is C61H73N3O14S. The summed E-state index contributed by atoms with van der Waals surface area (Å²) in [7, 11) is 1.64. The molecule has 0 radical (unpaired) electrons. The Labute approximate surface area is 466 Å². The molecule has 5 aromatic rings. The highest BCUT2D eigenvalue weighted by molar-refractivity contribution is 7.22. The van der Waals surface area contributed by atoms with Crippen LogP contribution in [0.5, 0.6) is 34.5 Å². The molecule has 2 aliphatic carbocycles. The topological polar surface area (TPSA) is 189 Å². The Kier molecular flexibility index (Phi) is 24.5. The molecule has 0 aliphatic heterocycles.